The zero-order valence-electron chi connectivity index (χ0n) is 7.08. The summed E-state index contributed by atoms with van der Waals surface area (Å²) >= 11 is 0. The quantitative estimate of drug-likeness (QED) is 0.453. The van der Waals surface area contributed by atoms with E-state index in [0.717, 1.165) is 0 Å². The molecule has 1 heterocycles. The zero-order valence-corrected chi connectivity index (χ0v) is 7.08. The predicted octanol–water partition coefficient (Wildman–Crippen LogP) is -2.36. The van der Waals surface area contributed by atoms with Gasteiger partial charge in [0.1, 0.15) is 12.2 Å². The summed E-state index contributed by atoms with van der Waals surface area (Å²) in [6, 6.07) is 0. The number of aliphatic hydroxyl groups excluding tert-OH is 3. The maximum atomic E-state index is 11.1. The van der Waals surface area contributed by atoms with Crippen LogP contribution in [0, 0.1) is 0 Å². The molecule has 1 fully saturated rings. The molecule has 3 N–H and O–H groups in total. The lowest BCUT2D eigenvalue weighted by Crippen LogP contribution is -2.56. The van der Waals surface area contributed by atoms with Crippen LogP contribution in [0.25, 0.3) is 0 Å². The highest BCUT2D eigenvalue weighted by Gasteiger charge is 2.43. The molecular weight excluding hydrogens is 180 g/mol. The number of rotatable bonds is 2. The molecule has 0 saturated carbocycles. The Bertz CT molecular complexity index is 175. The molecule has 0 aliphatic carbocycles. The van der Waals surface area contributed by atoms with Crippen LogP contribution in [0.15, 0.2) is 0 Å². The molecule has 13 heavy (non-hydrogen) atoms. The fourth-order valence-corrected chi connectivity index (χ4v) is 1.14. The van der Waals surface area contributed by atoms with E-state index < -0.39 is 37.0 Å². The van der Waals surface area contributed by atoms with E-state index in [9.17, 15) is 15.0 Å². The van der Waals surface area contributed by atoms with Crippen molar-refractivity contribution in [3.05, 3.63) is 0 Å². The second kappa shape index (κ2) is 4.12. The van der Waals surface area contributed by atoms with Crippen LogP contribution in [0.4, 0.5) is 0 Å². The Morgan fingerprint density at radius 1 is 1.46 bits per heavy atom. The van der Waals surface area contributed by atoms with Gasteiger partial charge in [-0.1, -0.05) is 0 Å². The number of ketones is 1. The third-order valence-corrected chi connectivity index (χ3v) is 1.91. The largest absolute Gasteiger partial charge is 0.394 e. The van der Waals surface area contributed by atoms with Crippen LogP contribution in [-0.2, 0) is 14.3 Å². The summed E-state index contributed by atoms with van der Waals surface area (Å²) in [5, 5.41) is 27.1. The van der Waals surface area contributed by atoms with E-state index >= 15 is 0 Å². The molecule has 6 heteroatoms. The molecule has 1 saturated heterocycles. The topological polar surface area (TPSA) is 96.2 Å². The van der Waals surface area contributed by atoms with E-state index in [1.165, 1.54) is 7.11 Å². The fraction of sp³-hybridized carbons (Fsp3) is 0.857. The molecular formula is C7H12O6. The zero-order chi connectivity index (χ0) is 10.0. The molecule has 1 rings (SSSR count). The van der Waals surface area contributed by atoms with Gasteiger partial charge in [-0.2, -0.15) is 0 Å². The van der Waals surface area contributed by atoms with Crippen LogP contribution in [0.1, 0.15) is 0 Å². The van der Waals surface area contributed by atoms with Crippen molar-refractivity contribution in [2.45, 2.75) is 24.6 Å². The Morgan fingerprint density at radius 3 is 2.54 bits per heavy atom. The van der Waals surface area contributed by atoms with Gasteiger partial charge in [-0.3, -0.25) is 4.79 Å². The highest BCUT2D eigenvalue weighted by atomic mass is 16.7. The average molecular weight is 192 g/mol. The highest BCUT2D eigenvalue weighted by Crippen LogP contribution is 2.17. The maximum Gasteiger partial charge on any atom is 0.197 e. The van der Waals surface area contributed by atoms with Crippen LogP contribution in [0.3, 0.4) is 0 Å². The van der Waals surface area contributed by atoms with E-state index in [1.807, 2.05) is 0 Å². The number of methoxy groups -OCH3 is 1. The van der Waals surface area contributed by atoms with Gasteiger partial charge < -0.3 is 24.8 Å². The monoisotopic (exact) mass is 192 g/mol. The molecule has 6 nitrogen and oxygen atoms in total. The minimum atomic E-state index is -1.50. The number of ether oxygens (including phenoxy) is 2. The fourth-order valence-electron chi connectivity index (χ4n) is 1.14. The summed E-state index contributed by atoms with van der Waals surface area (Å²) in [4.78, 5) is 11.1. The summed E-state index contributed by atoms with van der Waals surface area (Å²) in [5.41, 5.74) is 0. The minimum absolute atomic E-state index is 0.501. The summed E-state index contributed by atoms with van der Waals surface area (Å²) < 4.78 is 9.53. The Kier molecular flexibility index (Phi) is 3.34. The molecule has 0 radical (unpaired) electrons. The van der Waals surface area contributed by atoms with Gasteiger partial charge in [-0.25, -0.2) is 0 Å². The van der Waals surface area contributed by atoms with E-state index in [2.05, 4.69) is 4.74 Å². The first-order valence-electron chi connectivity index (χ1n) is 3.80. The van der Waals surface area contributed by atoms with Gasteiger partial charge >= 0.3 is 0 Å². The van der Waals surface area contributed by atoms with Crippen LogP contribution in [0.2, 0.25) is 0 Å². The Labute approximate surface area is 74.7 Å². The Balaban J connectivity index is 2.72. The lowest BCUT2D eigenvalue weighted by Gasteiger charge is -2.34. The molecule has 4 atom stereocenters. The molecule has 0 spiro atoms. The summed E-state index contributed by atoms with van der Waals surface area (Å²) in [7, 11) is 1.26. The molecule has 0 unspecified atom stereocenters. The molecule has 0 amide bonds. The highest BCUT2D eigenvalue weighted by molar-refractivity contribution is 5.88. The van der Waals surface area contributed by atoms with E-state index in [0.29, 0.717) is 0 Å². The summed E-state index contributed by atoms with van der Waals surface area (Å²) in [6.45, 7) is -0.501. The van der Waals surface area contributed by atoms with Crippen molar-refractivity contribution in [2.24, 2.45) is 0 Å². The molecule has 0 aromatic carbocycles. The van der Waals surface area contributed by atoms with Crippen molar-refractivity contribution in [3.63, 3.8) is 0 Å². The summed E-state index contributed by atoms with van der Waals surface area (Å²) in [6.07, 6.45) is -5.14. The number of Topliss-reactive ketones (excluding diaryl/α,β-unsaturated/α-hetero) is 1. The van der Waals surface area contributed by atoms with Crippen LogP contribution < -0.4 is 0 Å². The van der Waals surface area contributed by atoms with Crippen molar-refractivity contribution < 1.29 is 29.6 Å². The maximum absolute atomic E-state index is 11.1. The SMILES string of the molecule is CO[C@H]1O[C@H](CO)[C@H](O)C(=O)[C@@H]1O. The first-order valence-corrected chi connectivity index (χ1v) is 3.80. The predicted molar refractivity (Wildman–Crippen MR) is 39.8 cm³/mol. The number of carbonyl (C=O) groups excluding carboxylic acids is 1. The molecule has 1 aliphatic rings. The second-order valence-corrected chi connectivity index (χ2v) is 2.75. The number of hydrogen-bond acceptors (Lipinski definition) is 6. The first-order chi connectivity index (χ1) is 6.11. The van der Waals surface area contributed by atoms with Gasteiger partial charge in [0, 0.05) is 7.11 Å². The van der Waals surface area contributed by atoms with Gasteiger partial charge in [-0.15, -0.1) is 0 Å². The van der Waals surface area contributed by atoms with Gasteiger partial charge in [0.15, 0.2) is 18.2 Å². The van der Waals surface area contributed by atoms with Crippen LogP contribution >= 0.6 is 0 Å². The minimum Gasteiger partial charge on any atom is -0.394 e. The van der Waals surface area contributed by atoms with Crippen LogP contribution in [-0.4, -0.2) is 59.4 Å². The van der Waals surface area contributed by atoms with Crippen LogP contribution in [0.5, 0.6) is 0 Å². The van der Waals surface area contributed by atoms with E-state index in [-0.39, 0.29) is 0 Å². The van der Waals surface area contributed by atoms with Gasteiger partial charge in [0.05, 0.1) is 6.61 Å². The second-order valence-electron chi connectivity index (χ2n) is 2.75. The van der Waals surface area contributed by atoms with Crippen molar-refractivity contribution >= 4 is 5.78 Å². The molecule has 76 valence electrons. The van der Waals surface area contributed by atoms with Crippen molar-refractivity contribution in [1.29, 1.82) is 0 Å². The number of hydrogen-bond donors (Lipinski definition) is 3. The lowest BCUT2D eigenvalue weighted by molar-refractivity contribution is -0.247. The third-order valence-electron chi connectivity index (χ3n) is 1.91. The smallest absolute Gasteiger partial charge is 0.197 e. The van der Waals surface area contributed by atoms with Gasteiger partial charge in [-0.05, 0) is 0 Å². The Hall–Kier alpha value is -0.530. The normalized spacial score (nSPS) is 40.8. The standard InChI is InChI=1S/C7H12O6/c1-12-7-6(11)5(10)4(9)3(2-8)13-7/h3-4,6-9,11H,2H2,1H3/t3-,4+,6+,7+/m1/s1. The van der Waals surface area contributed by atoms with Gasteiger partial charge in [0.25, 0.3) is 0 Å². The summed E-state index contributed by atoms with van der Waals surface area (Å²) in [5.74, 6) is -0.794. The average Bonchev–Trinajstić information content (AvgIpc) is 2.15. The molecule has 0 bridgehead atoms. The first kappa shape index (κ1) is 10.6. The molecule has 0 aromatic rings. The van der Waals surface area contributed by atoms with E-state index in [1.54, 1.807) is 0 Å². The van der Waals surface area contributed by atoms with Gasteiger partial charge in [0.2, 0.25) is 0 Å². The van der Waals surface area contributed by atoms with Crippen molar-refractivity contribution in [3.8, 4) is 0 Å². The van der Waals surface area contributed by atoms with Crippen molar-refractivity contribution in [1.82, 2.24) is 0 Å². The third kappa shape index (κ3) is 1.87. The molecule has 1 aliphatic heterocycles. The lowest BCUT2D eigenvalue weighted by atomic mass is 10.0. The Morgan fingerprint density at radius 2 is 2.08 bits per heavy atom. The van der Waals surface area contributed by atoms with E-state index in [4.69, 9.17) is 9.84 Å². The molecule has 0 aromatic heterocycles. The number of carbonyl (C=O) groups is 1. The van der Waals surface area contributed by atoms with Crippen molar-refractivity contribution in [2.75, 3.05) is 13.7 Å². The number of aliphatic hydroxyl groups is 3.